The van der Waals surface area contributed by atoms with Crippen molar-refractivity contribution in [2.45, 2.75) is 6.61 Å². The Morgan fingerprint density at radius 1 is 1.38 bits per heavy atom. The third-order valence-corrected chi connectivity index (χ3v) is 4.28. The van der Waals surface area contributed by atoms with E-state index in [4.69, 9.17) is 21.1 Å². The third-order valence-electron chi connectivity index (χ3n) is 3.12. The molecule has 0 fully saturated rings. The summed E-state index contributed by atoms with van der Waals surface area (Å²) >= 11 is 7.11. The van der Waals surface area contributed by atoms with Crippen molar-refractivity contribution in [2.24, 2.45) is 0 Å². The van der Waals surface area contributed by atoms with Crippen LogP contribution in [0.2, 0.25) is 5.02 Å². The van der Waals surface area contributed by atoms with Crippen LogP contribution in [0.15, 0.2) is 24.4 Å². The Bertz CT molecular complexity index is 952. The van der Waals surface area contributed by atoms with Gasteiger partial charge in [0.1, 0.15) is 40.1 Å². The summed E-state index contributed by atoms with van der Waals surface area (Å²) in [4.78, 5) is 28.6. The summed E-state index contributed by atoms with van der Waals surface area (Å²) in [7, 11) is 1.29. The number of halogens is 3. The highest BCUT2D eigenvalue weighted by Gasteiger charge is 2.20. The van der Waals surface area contributed by atoms with Gasteiger partial charge in [-0.25, -0.2) is 18.7 Å². The highest BCUT2D eigenvalue weighted by molar-refractivity contribution is 7.18. The highest BCUT2D eigenvalue weighted by atomic mass is 35.5. The molecule has 136 valence electrons. The lowest BCUT2D eigenvalue weighted by Crippen LogP contribution is -2.21. The molecule has 2 heterocycles. The topological polar surface area (TPSA) is 81.2 Å². The van der Waals surface area contributed by atoms with Crippen molar-refractivity contribution in [1.29, 1.82) is 0 Å². The number of fused-ring (bicyclic) bond motifs is 1. The zero-order valence-corrected chi connectivity index (χ0v) is 15.0. The van der Waals surface area contributed by atoms with Gasteiger partial charge in [0.2, 0.25) is 0 Å². The first-order valence-corrected chi connectivity index (χ1v) is 8.21. The lowest BCUT2D eigenvalue weighted by molar-refractivity contribution is -0.0980. The normalized spacial score (nSPS) is 10.2. The van der Waals surface area contributed by atoms with E-state index in [-0.39, 0.29) is 12.4 Å². The number of hydrogen-bond acceptors (Lipinski definition) is 6. The zero-order valence-electron chi connectivity index (χ0n) is 13.4. The van der Waals surface area contributed by atoms with Gasteiger partial charge in [0, 0.05) is 13.2 Å². The number of thiazole rings is 1. The van der Waals surface area contributed by atoms with Crippen molar-refractivity contribution in [2.75, 3.05) is 7.05 Å². The van der Waals surface area contributed by atoms with Crippen molar-refractivity contribution in [3.05, 3.63) is 51.6 Å². The summed E-state index contributed by atoms with van der Waals surface area (Å²) < 4.78 is 33.2. The molecule has 0 bridgehead atoms. The van der Waals surface area contributed by atoms with E-state index in [1.165, 1.54) is 24.6 Å². The fourth-order valence-electron chi connectivity index (χ4n) is 2.02. The number of aromatic nitrogens is 2. The van der Waals surface area contributed by atoms with Gasteiger partial charge in [-0.05, 0) is 18.2 Å². The zero-order chi connectivity index (χ0) is 19.3. The maximum absolute atomic E-state index is 14.3. The number of benzene rings is 1. The first kappa shape index (κ1) is 19.7. The number of hydrogen-bond donors (Lipinski definition) is 1. The number of carbonyl (C=O) groups is 2. The molecule has 1 N–H and O–H groups in total. The second-order valence-corrected chi connectivity index (χ2v) is 6.19. The molecule has 1 amide bonds. The molecule has 26 heavy (non-hydrogen) atoms. The summed E-state index contributed by atoms with van der Waals surface area (Å²) in [5.41, 5.74) is -0.0792. The van der Waals surface area contributed by atoms with Gasteiger partial charge in [-0.15, -0.1) is 0 Å². The van der Waals surface area contributed by atoms with Crippen LogP contribution in [-0.2, 0) is 11.4 Å². The fraction of sp³-hybridized carbons (Fsp3) is 0.125. The van der Waals surface area contributed by atoms with Crippen LogP contribution in [-0.4, -0.2) is 29.7 Å². The second-order valence-electron chi connectivity index (χ2n) is 4.69. The van der Waals surface area contributed by atoms with E-state index in [2.05, 4.69) is 15.3 Å². The maximum Gasteiger partial charge on any atom is 0.257 e. The molecule has 6 nitrogen and oxygen atoms in total. The minimum atomic E-state index is -1.06. The van der Waals surface area contributed by atoms with E-state index >= 15 is 0 Å². The Balaban J connectivity index is 0.00000117. The van der Waals surface area contributed by atoms with Gasteiger partial charge in [0.05, 0.1) is 5.02 Å². The first-order valence-electron chi connectivity index (χ1n) is 7.02. The van der Waals surface area contributed by atoms with Crippen molar-refractivity contribution in [1.82, 2.24) is 15.3 Å². The fourth-order valence-corrected chi connectivity index (χ4v) is 2.97. The molecule has 2 aromatic heterocycles. The molecular formula is C16H12ClF2N3O3S. The Morgan fingerprint density at radius 2 is 2.12 bits per heavy atom. The van der Waals surface area contributed by atoms with Gasteiger partial charge in [-0.3, -0.25) is 4.79 Å². The largest absolute Gasteiger partial charge is 0.483 e. The van der Waals surface area contributed by atoms with E-state index in [1.54, 1.807) is 6.07 Å². The van der Waals surface area contributed by atoms with Gasteiger partial charge in [-0.2, -0.15) is 0 Å². The summed E-state index contributed by atoms with van der Waals surface area (Å²) in [6.07, 6.45) is 1.50. The summed E-state index contributed by atoms with van der Waals surface area (Å²) in [6.45, 7) is 1.95. The van der Waals surface area contributed by atoms with Crippen LogP contribution in [0.25, 0.3) is 10.3 Å². The molecule has 0 saturated heterocycles. The first-order chi connectivity index (χ1) is 12.5. The Labute approximate surface area is 155 Å². The van der Waals surface area contributed by atoms with Crippen LogP contribution >= 0.6 is 22.9 Å². The van der Waals surface area contributed by atoms with Gasteiger partial charge < -0.3 is 14.8 Å². The van der Waals surface area contributed by atoms with Gasteiger partial charge in [-0.1, -0.05) is 22.9 Å². The average Bonchev–Trinajstić information content (AvgIpc) is 3.04. The second kappa shape index (κ2) is 8.63. The Morgan fingerprint density at radius 3 is 2.81 bits per heavy atom. The Hall–Kier alpha value is -2.65. The van der Waals surface area contributed by atoms with E-state index in [0.29, 0.717) is 20.4 Å². The summed E-state index contributed by atoms with van der Waals surface area (Å²) in [5.74, 6) is -3.12. The monoisotopic (exact) mass is 399 g/mol. The van der Waals surface area contributed by atoms with Crippen LogP contribution in [0, 0.1) is 11.6 Å². The highest BCUT2D eigenvalue weighted by Crippen LogP contribution is 2.26. The molecule has 0 atom stereocenters. The van der Waals surface area contributed by atoms with Gasteiger partial charge in [0.25, 0.3) is 5.91 Å². The number of rotatable bonds is 4. The molecule has 0 unspecified atom stereocenters. The number of nitrogens with zero attached hydrogens (tertiary/aromatic N) is 2. The lowest BCUT2D eigenvalue weighted by atomic mass is 10.1. The molecular weight excluding hydrogens is 388 g/mol. The molecule has 1 aromatic carbocycles. The maximum atomic E-state index is 14.3. The van der Waals surface area contributed by atoms with Crippen LogP contribution < -0.4 is 10.1 Å². The number of carbonyl (C=O) groups excluding carboxylic acids is 2. The molecule has 10 heteroatoms. The van der Waals surface area contributed by atoms with Crippen LogP contribution in [0.1, 0.15) is 15.4 Å². The van der Waals surface area contributed by atoms with Crippen molar-refractivity contribution < 1.29 is 23.1 Å². The van der Waals surface area contributed by atoms with Crippen LogP contribution in [0.3, 0.4) is 0 Å². The molecule has 0 aliphatic heterocycles. The molecule has 3 aromatic rings. The Kier molecular flexibility index (Phi) is 6.53. The number of nitrogens with one attached hydrogen (secondary N) is 1. The smallest absolute Gasteiger partial charge is 0.257 e. The summed E-state index contributed by atoms with van der Waals surface area (Å²) in [5, 5.41) is 3.19. The van der Waals surface area contributed by atoms with E-state index in [1.807, 2.05) is 6.79 Å². The standard InChI is InChI=1S/C15H10ClF2N3O2S.CH2O/c1-19-14(22)12-8(17)2-3-10(13(12)18)23-6-11-21-9-4-7(16)5-20-15(9)24-11;1-2/h2-5H,6H2,1H3,(H,19,22);1H2. The lowest BCUT2D eigenvalue weighted by Gasteiger charge is -2.09. The molecule has 0 spiro atoms. The predicted octanol–water partition coefficient (Wildman–Crippen LogP) is 3.38. The average molecular weight is 400 g/mol. The van der Waals surface area contributed by atoms with Gasteiger partial charge in [0.15, 0.2) is 11.6 Å². The van der Waals surface area contributed by atoms with Crippen molar-refractivity contribution in [3.63, 3.8) is 0 Å². The van der Waals surface area contributed by atoms with Crippen LogP contribution in [0.4, 0.5) is 8.78 Å². The molecule has 0 aliphatic rings. The summed E-state index contributed by atoms with van der Waals surface area (Å²) in [6, 6.07) is 3.76. The number of ether oxygens (including phenoxy) is 1. The molecule has 0 aliphatic carbocycles. The van der Waals surface area contributed by atoms with Crippen molar-refractivity contribution >= 4 is 46.0 Å². The van der Waals surface area contributed by atoms with Crippen molar-refractivity contribution in [3.8, 4) is 5.75 Å². The predicted molar refractivity (Wildman–Crippen MR) is 93.6 cm³/mol. The third kappa shape index (κ3) is 4.12. The molecule has 3 rings (SSSR count). The minimum Gasteiger partial charge on any atom is -0.483 e. The van der Waals surface area contributed by atoms with E-state index in [0.717, 1.165) is 12.1 Å². The van der Waals surface area contributed by atoms with Crippen LogP contribution in [0.5, 0.6) is 5.75 Å². The van der Waals surface area contributed by atoms with E-state index in [9.17, 15) is 13.6 Å². The molecule has 0 saturated carbocycles. The molecule has 0 radical (unpaired) electrons. The minimum absolute atomic E-state index is 0.0472. The number of amides is 1. The van der Waals surface area contributed by atoms with Gasteiger partial charge >= 0.3 is 0 Å². The van der Waals surface area contributed by atoms with E-state index < -0.39 is 23.1 Å². The number of pyridine rings is 1. The SMILES string of the molecule is C=O.CNC(=O)c1c(F)ccc(OCc2nc3cc(Cl)cnc3s2)c1F. The quantitative estimate of drug-likeness (QED) is 0.727.